The first kappa shape index (κ1) is 24.6. The zero-order valence-electron chi connectivity index (χ0n) is 19.5. The van der Waals surface area contributed by atoms with E-state index in [9.17, 15) is 13.2 Å². The van der Waals surface area contributed by atoms with E-state index in [4.69, 9.17) is 4.42 Å². The van der Waals surface area contributed by atoms with Gasteiger partial charge in [-0.2, -0.15) is 5.10 Å². The summed E-state index contributed by atoms with van der Waals surface area (Å²) in [6, 6.07) is 10.8. The number of aromatic nitrogens is 4. The molecule has 0 atom stereocenters. The number of hydrogen-bond acceptors (Lipinski definition) is 7. The molecule has 0 spiro atoms. The lowest BCUT2D eigenvalue weighted by Gasteiger charge is -2.09. The van der Waals surface area contributed by atoms with Gasteiger partial charge in [0, 0.05) is 17.1 Å². The molecule has 4 aromatic rings. The summed E-state index contributed by atoms with van der Waals surface area (Å²) in [7, 11) is -3.89. The van der Waals surface area contributed by atoms with E-state index in [1.807, 2.05) is 13.8 Å². The monoisotopic (exact) mass is 558 g/mol. The number of rotatable bonds is 7. The van der Waals surface area contributed by atoms with Gasteiger partial charge in [0.05, 0.1) is 27.3 Å². The molecule has 0 radical (unpaired) electrons. The molecule has 0 saturated heterocycles. The molecule has 182 valence electrons. The number of nitrogens with one attached hydrogen (secondary N) is 2. The second-order valence-corrected chi connectivity index (χ2v) is 10.4. The Morgan fingerprint density at radius 1 is 1.03 bits per heavy atom. The van der Waals surface area contributed by atoms with Crippen molar-refractivity contribution in [3.05, 3.63) is 81.2 Å². The van der Waals surface area contributed by atoms with Gasteiger partial charge >= 0.3 is 0 Å². The molecule has 0 aliphatic heterocycles. The molecule has 0 aliphatic rings. The van der Waals surface area contributed by atoms with Gasteiger partial charge in [-0.25, -0.2) is 23.1 Å². The normalized spacial score (nSPS) is 11.5. The zero-order chi connectivity index (χ0) is 25.3. The number of anilines is 2. The third-order valence-electron chi connectivity index (χ3n) is 5.11. The molecule has 3 aromatic heterocycles. The summed E-state index contributed by atoms with van der Waals surface area (Å²) in [4.78, 5) is 20.8. The summed E-state index contributed by atoms with van der Waals surface area (Å²) in [5.74, 6) is 0.254. The van der Waals surface area contributed by atoms with Gasteiger partial charge in [0.15, 0.2) is 5.76 Å². The Bertz CT molecular complexity index is 1490. The van der Waals surface area contributed by atoms with Crippen LogP contribution in [0.25, 0.3) is 0 Å². The fourth-order valence-corrected chi connectivity index (χ4v) is 4.65. The van der Waals surface area contributed by atoms with Gasteiger partial charge in [0.1, 0.15) is 5.76 Å². The van der Waals surface area contributed by atoms with Gasteiger partial charge in [-0.05, 0) is 86.1 Å². The topological polar surface area (TPSA) is 132 Å². The summed E-state index contributed by atoms with van der Waals surface area (Å²) >= 11 is 3.49. The minimum atomic E-state index is -3.89. The van der Waals surface area contributed by atoms with Crippen LogP contribution in [0.5, 0.6) is 0 Å². The van der Waals surface area contributed by atoms with Gasteiger partial charge in [-0.3, -0.25) is 9.48 Å². The number of nitrogens with zero attached hydrogens (tertiary/aromatic N) is 4. The van der Waals surface area contributed by atoms with Crippen LogP contribution in [0, 0.1) is 27.7 Å². The van der Waals surface area contributed by atoms with Crippen molar-refractivity contribution in [2.45, 2.75) is 39.1 Å². The van der Waals surface area contributed by atoms with Crippen molar-refractivity contribution in [1.82, 2.24) is 19.7 Å². The number of carbonyl (C=O) groups is 1. The van der Waals surface area contributed by atoms with Crippen molar-refractivity contribution < 1.29 is 17.6 Å². The van der Waals surface area contributed by atoms with Crippen LogP contribution in [0.4, 0.5) is 11.6 Å². The van der Waals surface area contributed by atoms with Gasteiger partial charge in [0.2, 0.25) is 5.95 Å². The minimum Gasteiger partial charge on any atom is -0.454 e. The molecule has 0 saturated carbocycles. The Labute approximate surface area is 211 Å². The van der Waals surface area contributed by atoms with Crippen LogP contribution in [-0.4, -0.2) is 34.1 Å². The molecule has 2 N–H and O–H groups in total. The number of hydrogen-bond donors (Lipinski definition) is 2. The summed E-state index contributed by atoms with van der Waals surface area (Å²) in [5.41, 5.74) is 3.54. The highest BCUT2D eigenvalue weighted by Crippen LogP contribution is 2.22. The van der Waals surface area contributed by atoms with Gasteiger partial charge in [-0.15, -0.1) is 0 Å². The zero-order valence-corrected chi connectivity index (χ0v) is 21.9. The molecule has 10 nitrogen and oxygen atoms in total. The molecule has 4 rings (SSSR count). The molecule has 0 fully saturated rings. The first-order valence-electron chi connectivity index (χ1n) is 10.6. The maximum atomic E-state index is 12.7. The third-order valence-corrected chi connectivity index (χ3v) is 7.61. The third kappa shape index (κ3) is 5.60. The first-order valence-corrected chi connectivity index (χ1v) is 12.8. The van der Waals surface area contributed by atoms with E-state index in [2.05, 4.69) is 41.0 Å². The largest absolute Gasteiger partial charge is 0.454 e. The van der Waals surface area contributed by atoms with Gasteiger partial charge in [0.25, 0.3) is 15.9 Å². The molecule has 1 amide bonds. The van der Waals surface area contributed by atoms with Gasteiger partial charge < -0.3 is 9.73 Å². The number of aryl methyl sites for hydroxylation is 3. The Morgan fingerprint density at radius 3 is 2.29 bits per heavy atom. The molecule has 1 aromatic carbocycles. The van der Waals surface area contributed by atoms with Crippen molar-refractivity contribution in [3.8, 4) is 0 Å². The Morgan fingerprint density at radius 2 is 1.69 bits per heavy atom. The quantitative estimate of drug-likeness (QED) is 0.344. The summed E-state index contributed by atoms with van der Waals surface area (Å²) in [6.45, 7) is 7.73. The molecule has 0 unspecified atom stereocenters. The van der Waals surface area contributed by atoms with Crippen LogP contribution in [0.15, 0.2) is 56.2 Å². The van der Waals surface area contributed by atoms with Crippen LogP contribution in [0.2, 0.25) is 0 Å². The van der Waals surface area contributed by atoms with E-state index in [1.54, 1.807) is 36.7 Å². The maximum absolute atomic E-state index is 12.7. The standard InChI is InChI=1S/C23H23BrN6O4S/c1-13-11-14(2)26-23(25-13)29-35(32,33)19-8-5-17(6-9-19)27-22(31)20-10-7-18(34-20)12-30-16(4)21(24)15(3)28-30/h5-11H,12H2,1-4H3,(H,27,31)(H,25,26,29). The lowest BCUT2D eigenvalue weighted by molar-refractivity contribution is 0.0994. The molecule has 3 heterocycles. The minimum absolute atomic E-state index is 0.00123. The van der Waals surface area contributed by atoms with E-state index in [1.165, 1.54) is 24.3 Å². The number of benzene rings is 1. The predicted octanol–water partition coefficient (Wildman–Crippen LogP) is 4.36. The number of amides is 1. The molecular weight excluding hydrogens is 536 g/mol. The van der Waals surface area contributed by atoms with E-state index in [0.29, 0.717) is 29.4 Å². The van der Waals surface area contributed by atoms with Gasteiger partial charge in [-0.1, -0.05) is 0 Å². The van der Waals surface area contributed by atoms with Crippen molar-refractivity contribution in [1.29, 1.82) is 0 Å². The Balaban J connectivity index is 1.42. The second-order valence-electron chi connectivity index (χ2n) is 7.97. The molecular formula is C23H23BrN6O4S. The number of furan rings is 1. The summed E-state index contributed by atoms with van der Waals surface area (Å²) < 4.78 is 36.1. The van der Waals surface area contributed by atoms with Crippen LogP contribution < -0.4 is 10.0 Å². The van der Waals surface area contributed by atoms with E-state index >= 15 is 0 Å². The highest BCUT2D eigenvalue weighted by Gasteiger charge is 2.18. The Hall–Kier alpha value is -3.51. The lowest BCUT2D eigenvalue weighted by atomic mass is 10.3. The average molecular weight is 559 g/mol. The van der Waals surface area contributed by atoms with Crippen molar-refractivity contribution >= 4 is 43.5 Å². The Kier molecular flexibility index (Phi) is 6.77. The van der Waals surface area contributed by atoms with Crippen molar-refractivity contribution in [2.75, 3.05) is 10.0 Å². The van der Waals surface area contributed by atoms with E-state index < -0.39 is 15.9 Å². The smallest absolute Gasteiger partial charge is 0.291 e. The van der Waals surface area contributed by atoms with Crippen LogP contribution in [0.1, 0.15) is 39.1 Å². The number of halogens is 1. The fraction of sp³-hybridized carbons (Fsp3) is 0.217. The van der Waals surface area contributed by atoms with Crippen molar-refractivity contribution in [2.24, 2.45) is 0 Å². The second kappa shape index (κ2) is 9.62. The number of sulfonamides is 1. The molecule has 0 bridgehead atoms. The fourth-order valence-electron chi connectivity index (χ4n) is 3.42. The van der Waals surface area contributed by atoms with Crippen molar-refractivity contribution in [3.63, 3.8) is 0 Å². The molecule has 0 aliphatic carbocycles. The average Bonchev–Trinajstić information content (AvgIpc) is 3.34. The first-order chi connectivity index (χ1) is 16.5. The SMILES string of the molecule is Cc1cc(C)nc(NS(=O)(=O)c2ccc(NC(=O)c3ccc(Cn4nc(C)c(Br)c4C)o3)cc2)n1. The maximum Gasteiger partial charge on any atom is 0.291 e. The van der Waals surface area contributed by atoms with E-state index in [-0.39, 0.29) is 16.6 Å². The van der Waals surface area contributed by atoms with Crippen LogP contribution >= 0.6 is 15.9 Å². The summed E-state index contributed by atoms with van der Waals surface area (Å²) in [5, 5.41) is 7.14. The molecule has 35 heavy (non-hydrogen) atoms. The highest BCUT2D eigenvalue weighted by atomic mass is 79.9. The lowest BCUT2D eigenvalue weighted by Crippen LogP contribution is -2.16. The van der Waals surface area contributed by atoms with Crippen LogP contribution in [0.3, 0.4) is 0 Å². The predicted molar refractivity (Wildman–Crippen MR) is 134 cm³/mol. The van der Waals surface area contributed by atoms with Crippen LogP contribution in [-0.2, 0) is 16.6 Å². The summed E-state index contributed by atoms with van der Waals surface area (Å²) in [6.07, 6.45) is 0. The molecule has 12 heteroatoms. The highest BCUT2D eigenvalue weighted by molar-refractivity contribution is 9.10. The number of carbonyl (C=O) groups excluding carboxylic acids is 1. The van der Waals surface area contributed by atoms with E-state index in [0.717, 1.165) is 15.9 Å².